The summed E-state index contributed by atoms with van der Waals surface area (Å²) in [5.41, 5.74) is 6.30. The third-order valence-corrected chi connectivity index (χ3v) is 3.26. The number of nitrogens with two attached hydrogens (primary N) is 1. The van der Waals surface area contributed by atoms with Gasteiger partial charge >= 0.3 is 5.97 Å². The van der Waals surface area contributed by atoms with Gasteiger partial charge in [-0.3, -0.25) is 0 Å². The fraction of sp³-hybridized carbons (Fsp3) is 0.143. The number of carboxylic acid groups (broad SMARTS) is 1. The zero-order chi connectivity index (χ0) is 9.84. The molecule has 0 spiro atoms. The van der Waals surface area contributed by atoms with E-state index in [0.29, 0.717) is 5.13 Å². The quantitative estimate of drug-likeness (QED) is 0.594. The number of nitrogen functional groups attached to an aromatic ring is 1. The predicted molar refractivity (Wildman–Crippen MR) is 53.9 cm³/mol. The molecule has 0 radical (unpaired) electrons. The Balaban J connectivity index is 2.64. The van der Waals surface area contributed by atoms with Gasteiger partial charge in [0.15, 0.2) is 5.13 Å². The van der Waals surface area contributed by atoms with Crippen LogP contribution >= 0.6 is 23.1 Å². The summed E-state index contributed by atoms with van der Waals surface area (Å²) in [6.07, 6.45) is 1.08. The first-order valence-corrected chi connectivity index (χ1v) is 5.08. The molecule has 0 unspecified atom stereocenters. The number of hydrogen-bond acceptors (Lipinski definition) is 5. The molecule has 3 N–H and O–H groups in total. The van der Waals surface area contributed by atoms with Crippen molar-refractivity contribution in [2.45, 2.75) is 11.1 Å². The Morgan fingerprint density at radius 1 is 1.77 bits per heavy atom. The molecule has 1 rings (SSSR count). The Labute approximate surface area is 83.5 Å². The number of carboxylic acids is 1. The van der Waals surface area contributed by atoms with Crippen molar-refractivity contribution in [1.29, 1.82) is 0 Å². The van der Waals surface area contributed by atoms with E-state index in [1.165, 1.54) is 28.5 Å². The predicted octanol–water partition coefficient (Wildman–Crippen LogP) is 1.72. The van der Waals surface area contributed by atoms with E-state index in [9.17, 15) is 4.79 Å². The van der Waals surface area contributed by atoms with Gasteiger partial charge in [-0.05, 0) is 12.3 Å². The van der Waals surface area contributed by atoms with Crippen molar-refractivity contribution in [3.05, 3.63) is 17.2 Å². The first-order chi connectivity index (χ1) is 6.09. The van der Waals surface area contributed by atoms with Crippen molar-refractivity contribution in [2.24, 2.45) is 0 Å². The number of aryl methyl sites for hydroxylation is 1. The molecular formula is C7H8N2O2S2. The highest BCUT2D eigenvalue weighted by Gasteiger charge is 2.03. The van der Waals surface area contributed by atoms with Crippen molar-refractivity contribution in [3.63, 3.8) is 0 Å². The summed E-state index contributed by atoms with van der Waals surface area (Å²) in [7, 11) is 0. The van der Waals surface area contributed by atoms with Crippen LogP contribution in [-0.4, -0.2) is 16.1 Å². The number of aliphatic carboxylic acids is 1. The van der Waals surface area contributed by atoms with E-state index < -0.39 is 5.97 Å². The molecule has 0 atom stereocenters. The topological polar surface area (TPSA) is 76.2 Å². The standard InChI is InChI=1S/C7H8N2O2S2/c1-4-6(13-7(8)9-4)12-3-2-5(10)11/h2-3H,1H3,(H2,8,9)(H,10,11)/b3-2+. The highest BCUT2D eigenvalue weighted by Crippen LogP contribution is 2.30. The summed E-state index contributed by atoms with van der Waals surface area (Å²) >= 11 is 2.66. The summed E-state index contributed by atoms with van der Waals surface area (Å²) in [5.74, 6) is -0.956. The molecule has 0 bridgehead atoms. The van der Waals surface area contributed by atoms with Crippen LogP contribution in [0.4, 0.5) is 5.13 Å². The SMILES string of the molecule is Cc1nc(N)sc1S/C=C/C(=O)O. The number of anilines is 1. The second-order valence-electron chi connectivity index (χ2n) is 2.18. The van der Waals surface area contributed by atoms with Crippen molar-refractivity contribution < 1.29 is 9.90 Å². The van der Waals surface area contributed by atoms with Crippen LogP contribution < -0.4 is 5.73 Å². The highest BCUT2D eigenvalue weighted by molar-refractivity contribution is 8.04. The van der Waals surface area contributed by atoms with Gasteiger partial charge in [0.1, 0.15) is 0 Å². The maximum atomic E-state index is 10.1. The Bertz CT molecular complexity index is 346. The summed E-state index contributed by atoms with van der Waals surface area (Å²) in [5, 5.41) is 10.3. The zero-order valence-electron chi connectivity index (χ0n) is 6.85. The van der Waals surface area contributed by atoms with E-state index in [2.05, 4.69) is 4.98 Å². The lowest BCUT2D eigenvalue weighted by atomic mass is 10.6. The zero-order valence-corrected chi connectivity index (χ0v) is 8.48. The fourth-order valence-corrected chi connectivity index (χ4v) is 2.37. The maximum absolute atomic E-state index is 10.1. The van der Waals surface area contributed by atoms with Gasteiger partial charge in [0, 0.05) is 6.08 Å². The Kier molecular flexibility index (Phi) is 3.32. The number of carbonyl (C=O) groups is 1. The van der Waals surface area contributed by atoms with E-state index in [4.69, 9.17) is 10.8 Å². The molecule has 13 heavy (non-hydrogen) atoms. The molecule has 1 heterocycles. The Morgan fingerprint density at radius 2 is 2.46 bits per heavy atom. The van der Waals surface area contributed by atoms with Crippen molar-refractivity contribution >= 4 is 34.2 Å². The second-order valence-corrected chi connectivity index (χ2v) is 4.39. The monoisotopic (exact) mass is 216 g/mol. The summed E-state index contributed by atoms with van der Waals surface area (Å²) in [6, 6.07) is 0. The van der Waals surface area contributed by atoms with Gasteiger partial charge in [-0.25, -0.2) is 9.78 Å². The van der Waals surface area contributed by atoms with Crippen LogP contribution in [0.2, 0.25) is 0 Å². The average Bonchev–Trinajstić information content (AvgIpc) is 2.29. The molecule has 0 aromatic carbocycles. The largest absolute Gasteiger partial charge is 0.478 e. The van der Waals surface area contributed by atoms with E-state index in [-0.39, 0.29) is 0 Å². The fourth-order valence-electron chi connectivity index (χ4n) is 0.666. The minimum atomic E-state index is -0.956. The molecule has 0 aliphatic heterocycles. The van der Waals surface area contributed by atoms with Gasteiger partial charge in [-0.2, -0.15) is 0 Å². The smallest absolute Gasteiger partial charge is 0.328 e. The van der Waals surface area contributed by atoms with Crippen LogP contribution in [0.5, 0.6) is 0 Å². The minimum Gasteiger partial charge on any atom is -0.478 e. The van der Waals surface area contributed by atoms with Crippen molar-refractivity contribution in [1.82, 2.24) is 4.98 Å². The number of hydrogen-bond donors (Lipinski definition) is 2. The van der Waals surface area contributed by atoms with Crippen molar-refractivity contribution in [3.8, 4) is 0 Å². The highest BCUT2D eigenvalue weighted by atomic mass is 32.2. The summed E-state index contributed by atoms with van der Waals surface area (Å²) in [4.78, 5) is 14.1. The minimum absolute atomic E-state index is 0.503. The molecule has 6 heteroatoms. The maximum Gasteiger partial charge on any atom is 0.328 e. The summed E-state index contributed by atoms with van der Waals surface area (Å²) < 4.78 is 0.926. The molecule has 4 nitrogen and oxygen atoms in total. The van der Waals surface area contributed by atoms with Crippen LogP contribution in [0.3, 0.4) is 0 Å². The lowest BCUT2D eigenvalue weighted by Crippen LogP contribution is -1.84. The Morgan fingerprint density at radius 3 is 2.92 bits per heavy atom. The number of thioether (sulfide) groups is 1. The lowest BCUT2D eigenvalue weighted by Gasteiger charge is -1.88. The van der Waals surface area contributed by atoms with Gasteiger partial charge in [0.25, 0.3) is 0 Å². The molecule has 0 aliphatic rings. The molecule has 0 amide bonds. The van der Waals surface area contributed by atoms with Crippen LogP contribution in [-0.2, 0) is 4.79 Å². The third-order valence-electron chi connectivity index (χ3n) is 1.16. The molecule has 1 aromatic heterocycles. The molecular weight excluding hydrogens is 208 g/mol. The molecule has 0 aliphatic carbocycles. The first kappa shape index (κ1) is 10.1. The van der Waals surface area contributed by atoms with Gasteiger partial charge in [0.2, 0.25) is 0 Å². The van der Waals surface area contributed by atoms with Gasteiger partial charge < -0.3 is 10.8 Å². The van der Waals surface area contributed by atoms with E-state index in [1.807, 2.05) is 6.92 Å². The second kappa shape index (κ2) is 4.29. The Hall–Kier alpha value is -1.01. The van der Waals surface area contributed by atoms with Crippen LogP contribution in [0.1, 0.15) is 5.69 Å². The average molecular weight is 216 g/mol. The molecule has 0 fully saturated rings. The normalized spacial score (nSPS) is 10.8. The molecule has 0 saturated carbocycles. The van der Waals surface area contributed by atoms with E-state index in [1.54, 1.807) is 0 Å². The number of thiazole rings is 1. The lowest BCUT2D eigenvalue weighted by molar-refractivity contribution is -0.131. The third kappa shape index (κ3) is 3.08. The number of aromatic nitrogens is 1. The number of rotatable bonds is 3. The summed E-state index contributed by atoms with van der Waals surface area (Å²) in [6.45, 7) is 1.84. The molecule has 1 aromatic rings. The van der Waals surface area contributed by atoms with Gasteiger partial charge in [-0.15, -0.1) is 0 Å². The number of nitrogens with zero attached hydrogens (tertiary/aromatic N) is 1. The molecule has 0 saturated heterocycles. The van der Waals surface area contributed by atoms with E-state index in [0.717, 1.165) is 16.0 Å². The van der Waals surface area contributed by atoms with Crippen LogP contribution in [0.15, 0.2) is 15.7 Å². The van der Waals surface area contributed by atoms with Gasteiger partial charge in [-0.1, -0.05) is 23.1 Å². The van der Waals surface area contributed by atoms with Gasteiger partial charge in [0.05, 0.1) is 9.90 Å². The molecule has 70 valence electrons. The van der Waals surface area contributed by atoms with Crippen molar-refractivity contribution in [2.75, 3.05) is 5.73 Å². The first-order valence-electron chi connectivity index (χ1n) is 3.38. The van der Waals surface area contributed by atoms with Crippen LogP contribution in [0, 0.1) is 6.92 Å². The van der Waals surface area contributed by atoms with E-state index >= 15 is 0 Å². The van der Waals surface area contributed by atoms with Crippen LogP contribution in [0.25, 0.3) is 0 Å².